The lowest BCUT2D eigenvalue weighted by molar-refractivity contribution is -0.139. The number of likely N-dealkylation sites (tertiary alicyclic amines) is 1. The molecule has 2 aliphatic rings. The third-order valence-electron chi connectivity index (χ3n) is 7.09. The third kappa shape index (κ3) is 5.43. The van der Waals surface area contributed by atoms with Crippen molar-refractivity contribution >= 4 is 23.3 Å². The molecular weight excluding hydrogens is 509 g/mol. The Morgan fingerprint density at radius 2 is 1.79 bits per heavy atom. The molecule has 1 aromatic heterocycles. The fourth-order valence-electron chi connectivity index (χ4n) is 4.78. The minimum absolute atomic E-state index is 0.0325. The van der Waals surface area contributed by atoms with Gasteiger partial charge in [-0.05, 0) is 68.5 Å². The van der Waals surface area contributed by atoms with Crippen LogP contribution in [-0.4, -0.2) is 51.9 Å². The number of aromatic nitrogens is 1. The first-order valence-electron chi connectivity index (χ1n) is 12.8. The summed E-state index contributed by atoms with van der Waals surface area (Å²) < 4.78 is 19.0. The molecule has 198 valence electrons. The van der Waals surface area contributed by atoms with Crippen LogP contribution in [0.3, 0.4) is 0 Å². The smallest absolute Gasteiger partial charge is 0.294 e. The number of nitrogens with one attached hydrogen (secondary N) is 1. The van der Waals surface area contributed by atoms with Crippen LogP contribution in [0.15, 0.2) is 60.8 Å². The van der Waals surface area contributed by atoms with Gasteiger partial charge in [0, 0.05) is 30.4 Å². The van der Waals surface area contributed by atoms with E-state index in [-0.39, 0.29) is 17.6 Å². The molecule has 9 heteroatoms. The van der Waals surface area contributed by atoms with Gasteiger partial charge in [-0.25, -0.2) is 4.39 Å². The molecule has 1 aliphatic carbocycles. The quantitative estimate of drug-likeness (QED) is 0.303. The Balaban J connectivity index is 1.33. The number of hydrogen-bond donors (Lipinski definition) is 2. The van der Waals surface area contributed by atoms with Crippen molar-refractivity contribution < 1.29 is 23.8 Å². The van der Waals surface area contributed by atoms with Crippen molar-refractivity contribution in [3.63, 3.8) is 0 Å². The second-order valence-electron chi connectivity index (χ2n) is 9.85. The standard InChI is InChI=1S/C29H29ClFN3O4/c1-18(33-28(36)27(35)25-12-6-20(17-32-25)19-4-8-22(31)9-5-19)29(37,34-14-2-3-15-34)21-7-13-26(24(30)16-21)38-23-10-11-23/h4-9,12-13,16-18,23,37H,2-3,10-11,14-15H2,1H3,(H,33,36)/t18-,29+/m1/s1. The monoisotopic (exact) mass is 537 g/mol. The van der Waals surface area contributed by atoms with E-state index in [1.54, 1.807) is 43.3 Å². The summed E-state index contributed by atoms with van der Waals surface area (Å²) in [5, 5.41) is 15.1. The summed E-state index contributed by atoms with van der Waals surface area (Å²) in [6, 6.07) is 13.3. The van der Waals surface area contributed by atoms with Gasteiger partial charge in [0.05, 0.1) is 17.2 Å². The molecule has 0 bridgehead atoms. The van der Waals surface area contributed by atoms with Crippen LogP contribution in [0.4, 0.5) is 4.39 Å². The first-order valence-corrected chi connectivity index (χ1v) is 13.1. The van der Waals surface area contributed by atoms with Gasteiger partial charge >= 0.3 is 0 Å². The highest BCUT2D eigenvalue weighted by molar-refractivity contribution is 6.42. The molecule has 2 heterocycles. The number of aliphatic hydroxyl groups is 1. The number of halogens is 2. The Labute approximate surface area is 225 Å². The van der Waals surface area contributed by atoms with E-state index in [0.29, 0.717) is 35.0 Å². The molecule has 3 aromatic rings. The minimum Gasteiger partial charge on any atom is -0.489 e. The largest absolute Gasteiger partial charge is 0.489 e. The van der Waals surface area contributed by atoms with E-state index < -0.39 is 23.5 Å². The van der Waals surface area contributed by atoms with Crippen molar-refractivity contribution in [2.24, 2.45) is 0 Å². The zero-order valence-corrected chi connectivity index (χ0v) is 21.7. The molecule has 0 unspecified atom stereocenters. The first kappa shape index (κ1) is 26.3. The number of carbonyl (C=O) groups excluding carboxylic acids is 2. The van der Waals surface area contributed by atoms with Crippen LogP contribution >= 0.6 is 11.6 Å². The number of ketones is 1. The molecule has 1 saturated heterocycles. The second-order valence-corrected chi connectivity index (χ2v) is 10.3. The molecule has 2 atom stereocenters. The summed E-state index contributed by atoms with van der Waals surface area (Å²) in [6.45, 7) is 2.93. The molecule has 5 rings (SSSR count). The number of ether oxygens (including phenoxy) is 1. The van der Waals surface area contributed by atoms with E-state index in [9.17, 15) is 19.1 Å². The maximum atomic E-state index is 13.2. The van der Waals surface area contributed by atoms with E-state index in [4.69, 9.17) is 16.3 Å². The molecular formula is C29H29ClFN3O4. The number of hydrogen-bond acceptors (Lipinski definition) is 6. The van der Waals surface area contributed by atoms with Gasteiger partial charge in [0.1, 0.15) is 17.3 Å². The van der Waals surface area contributed by atoms with E-state index in [0.717, 1.165) is 31.2 Å². The number of Topliss-reactive ketones (excluding diaryl/α,β-unsaturated/α-hetero) is 1. The zero-order valence-electron chi connectivity index (χ0n) is 21.0. The summed E-state index contributed by atoms with van der Waals surface area (Å²) in [4.78, 5) is 31.9. The number of rotatable bonds is 9. The molecule has 7 nitrogen and oxygen atoms in total. The number of nitrogens with zero attached hydrogens (tertiary/aromatic N) is 2. The number of carbonyl (C=O) groups is 2. The van der Waals surface area contributed by atoms with Crippen molar-refractivity contribution in [3.8, 4) is 16.9 Å². The summed E-state index contributed by atoms with van der Waals surface area (Å²) in [7, 11) is 0. The van der Waals surface area contributed by atoms with Crippen molar-refractivity contribution in [3.05, 3.63) is 82.9 Å². The van der Waals surface area contributed by atoms with Gasteiger partial charge in [-0.2, -0.15) is 0 Å². The molecule has 0 spiro atoms. The van der Waals surface area contributed by atoms with Crippen LogP contribution in [0.25, 0.3) is 11.1 Å². The minimum atomic E-state index is -1.59. The van der Waals surface area contributed by atoms with Gasteiger partial charge in [-0.3, -0.25) is 19.5 Å². The molecule has 1 amide bonds. The number of amides is 1. The van der Waals surface area contributed by atoms with E-state index >= 15 is 0 Å². The van der Waals surface area contributed by atoms with Crippen LogP contribution < -0.4 is 10.1 Å². The molecule has 2 N–H and O–H groups in total. The van der Waals surface area contributed by atoms with Crippen LogP contribution in [0, 0.1) is 5.82 Å². The summed E-state index contributed by atoms with van der Waals surface area (Å²) in [5.74, 6) is -1.49. The molecule has 0 radical (unpaired) electrons. The van der Waals surface area contributed by atoms with Gasteiger partial charge in [0.2, 0.25) is 0 Å². The SMILES string of the molecule is C[C@@H](NC(=O)C(=O)c1ccc(-c2ccc(F)cc2)cn1)[C@](O)(c1ccc(OC2CC2)c(Cl)c1)N1CCCC1. The van der Waals surface area contributed by atoms with Crippen LogP contribution in [-0.2, 0) is 10.5 Å². The topological polar surface area (TPSA) is 91.8 Å². The van der Waals surface area contributed by atoms with Crippen molar-refractivity contribution in [1.29, 1.82) is 0 Å². The van der Waals surface area contributed by atoms with Crippen LogP contribution in [0.1, 0.15) is 48.7 Å². The van der Waals surface area contributed by atoms with E-state index in [2.05, 4.69) is 10.3 Å². The summed E-state index contributed by atoms with van der Waals surface area (Å²) in [6.07, 6.45) is 5.45. The van der Waals surface area contributed by atoms with Gasteiger partial charge in [0.15, 0.2) is 5.72 Å². The lowest BCUT2D eigenvalue weighted by Crippen LogP contribution is -2.59. The summed E-state index contributed by atoms with van der Waals surface area (Å²) in [5.41, 5.74) is 0.307. The van der Waals surface area contributed by atoms with Crippen molar-refractivity contribution in [1.82, 2.24) is 15.2 Å². The lowest BCUT2D eigenvalue weighted by atomic mass is 9.93. The molecule has 2 fully saturated rings. The van der Waals surface area contributed by atoms with E-state index in [1.165, 1.54) is 24.4 Å². The normalized spacial score (nSPS) is 18.0. The third-order valence-corrected chi connectivity index (χ3v) is 7.39. The highest BCUT2D eigenvalue weighted by atomic mass is 35.5. The molecule has 38 heavy (non-hydrogen) atoms. The number of pyridine rings is 1. The molecule has 1 aliphatic heterocycles. The first-order chi connectivity index (χ1) is 18.3. The Hall–Kier alpha value is -3.33. The van der Waals surface area contributed by atoms with Crippen molar-refractivity contribution in [2.45, 2.75) is 50.5 Å². The predicted octanol–water partition coefficient (Wildman–Crippen LogP) is 4.71. The Morgan fingerprint density at radius 3 is 2.39 bits per heavy atom. The molecule has 2 aromatic carbocycles. The summed E-state index contributed by atoms with van der Waals surface area (Å²) >= 11 is 6.50. The lowest BCUT2D eigenvalue weighted by Gasteiger charge is -2.42. The maximum Gasteiger partial charge on any atom is 0.294 e. The average molecular weight is 538 g/mol. The molecule has 1 saturated carbocycles. The van der Waals surface area contributed by atoms with Crippen molar-refractivity contribution in [2.75, 3.05) is 13.1 Å². The number of benzene rings is 2. The average Bonchev–Trinajstić information content (AvgIpc) is 3.57. The second kappa shape index (κ2) is 10.8. The van der Waals surface area contributed by atoms with Gasteiger partial charge < -0.3 is 15.2 Å². The van der Waals surface area contributed by atoms with Crippen LogP contribution in [0.2, 0.25) is 5.02 Å². The van der Waals surface area contributed by atoms with Gasteiger partial charge in [-0.1, -0.05) is 35.9 Å². The van der Waals surface area contributed by atoms with Crippen LogP contribution in [0.5, 0.6) is 5.75 Å². The highest BCUT2D eigenvalue weighted by Crippen LogP contribution is 2.38. The van der Waals surface area contributed by atoms with E-state index in [1.807, 2.05) is 4.90 Å². The van der Waals surface area contributed by atoms with Gasteiger partial charge in [-0.15, -0.1) is 0 Å². The fourth-order valence-corrected chi connectivity index (χ4v) is 5.00. The Bertz CT molecular complexity index is 1320. The predicted molar refractivity (Wildman–Crippen MR) is 141 cm³/mol. The zero-order chi connectivity index (χ0) is 26.9. The van der Waals surface area contributed by atoms with Gasteiger partial charge in [0.25, 0.3) is 11.7 Å². The maximum absolute atomic E-state index is 13.2. The Kier molecular flexibility index (Phi) is 7.47. The fraction of sp³-hybridized carbons (Fsp3) is 0.345. The highest BCUT2D eigenvalue weighted by Gasteiger charge is 2.44. The Morgan fingerprint density at radius 1 is 1.11 bits per heavy atom.